The first-order valence-corrected chi connectivity index (χ1v) is 12.5. The molecule has 0 radical (unpaired) electrons. The van der Waals surface area contributed by atoms with Crippen molar-refractivity contribution < 1.29 is 17.9 Å². The summed E-state index contributed by atoms with van der Waals surface area (Å²) in [6.45, 7) is 7.15. The Kier molecular flexibility index (Phi) is 8.88. The molecule has 0 atom stereocenters. The van der Waals surface area contributed by atoms with E-state index in [1.54, 1.807) is 0 Å². The number of hydrogen-bond acceptors (Lipinski definition) is 6. The van der Waals surface area contributed by atoms with Gasteiger partial charge in [-0.15, -0.1) is 11.3 Å². The molecule has 2 aromatic rings. The highest BCUT2D eigenvalue weighted by atomic mass is 32.2. The zero-order valence-corrected chi connectivity index (χ0v) is 20.0. The van der Waals surface area contributed by atoms with Gasteiger partial charge in [-0.25, -0.2) is 17.9 Å². The molecule has 6 nitrogen and oxygen atoms in total. The lowest BCUT2D eigenvalue weighted by atomic mass is 10.0. The van der Waals surface area contributed by atoms with Crippen LogP contribution in [0, 0.1) is 5.92 Å². The van der Waals surface area contributed by atoms with Crippen LogP contribution in [0.5, 0.6) is 0 Å². The predicted octanol–water partition coefficient (Wildman–Crippen LogP) is 4.89. The summed E-state index contributed by atoms with van der Waals surface area (Å²) in [6.07, 6.45) is 1.38. The van der Waals surface area contributed by atoms with E-state index in [1.807, 2.05) is 51.4 Å². The van der Waals surface area contributed by atoms with Gasteiger partial charge in [-0.3, -0.25) is 0 Å². The van der Waals surface area contributed by atoms with E-state index >= 15 is 0 Å². The molecule has 30 heavy (non-hydrogen) atoms. The fourth-order valence-electron chi connectivity index (χ4n) is 2.98. The van der Waals surface area contributed by atoms with Crippen LogP contribution in [0.15, 0.2) is 34.5 Å². The summed E-state index contributed by atoms with van der Waals surface area (Å²) in [5.41, 5.74) is 2.56. The Bertz CT molecular complexity index is 933. The molecule has 2 rings (SSSR count). The average molecular weight is 453 g/mol. The largest absolute Gasteiger partial charge is 0.449 e. The van der Waals surface area contributed by atoms with Gasteiger partial charge in [-0.1, -0.05) is 51.5 Å². The summed E-state index contributed by atoms with van der Waals surface area (Å²) in [7, 11) is -0.0320. The second-order valence-corrected chi connectivity index (χ2v) is 11.1. The third-order valence-corrected chi connectivity index (χ3v) is 7.32. The van der Waals surface area contributed by atoms with Gasteiger partial charge >= 0.3 is 6.09 Å². The average Bonchev–Trinajstić information content (AvgIpc) is 3.06. The Hall–Kier alpha value is -1.90. The molecule has 0 saturated carbocycles. The van der Waals surface area contributed by atoms with Crippen LogP contribution in [-0.2, 0) is 27.7 Å². The Morgan fingerprint density at radius 1 is 1.20 bits per heavy atom. The fraction of sp³-hybridized carbons (Fsp3) is 0.500. The number of sulfonamides is 1. The molecule has 1 heterocycles. The number of rotatable bonds is 10. The second kappa shape index (κ2) is 10.9. The molecule has 0 aliphatic carbocycles. The number of thiophene rings is 1. The molecule has 0 saturated heterocycles. The first-order valence-electron chi connectivity index (χ1n) is 10.2. The van der Waals surface area contributed by atoms with Crippen molar-refractivity contribution in [3.05, 3.63) is 40.8 Å². The third-order valence-electron chi connectivity index (χ3n) is 4.32. The molecular weight excluding hydrogens is 420 g/mol. The molecule has 166 valence electrons. The van der Waals surface area contributed by atoms with Gasteiger partial charge in [0.1, 0.15) is 4.21 Å². The van der Waals surface area contributed by atoms with E-state index in [-0.39, 0.29) is 10.8 Å². The Morgan fingerprint density at radius 2 is 1.87 bits per heavy atom. The zero-order valence-electron chi connectivity index (χ0n) is 18.4. The normalized spacial score (nSPS) is 11.8. The van der Waals surface area contributed by atoms with Gasteiger partial charge in [-0.05, 0) is 50.0 Å². The van der Waals surface area contributed by atoms with Gasteiger partial charge in [0.05, 0.1) is 6.61 Å². The standard InChI is InChI=1S/C22H32N2O4S2/c1-6-7-12-28-22(25)23-30(26,27)21-20(14-19(29-21)13-16(2)3)18-10-8-17(9-11-18)15-24(4)5/h8-11,14,16H,6-7,12-13,15H2,1-5H3,(H,23,25). The summed E-state index contributed by atoms with van der Waals surface area (Å²) in [5.74, 6) is 0.390. The van der Waals surface area contributed by atoms with Crippen molar-refractivity contribution >= 4 is 27.5 Å². The topological polar surface area (TPSA) is 75.7 Å². The van der Waals surface area contributed by atoms with Crippen molar-refractivity contribution in [2.75, 3.05) is 20.7 Å². The number of nitrogens with zero attached hydrogens (tertiary/aromatic N) is 1. The number of amides is 1. The van der Waals surface area contributed by atoms with E-state index in [9.17, 15) is 13.2 Å². The maximum Gasteiger partial charge on any atom is 0.421 e. The van der Waals surface area contributed by atoms with Crippen molar-refractivity contribution in [2.24, 2.45) is 5.92 Å². The van der Waals surface area contributed by atoms with E-state index in [1.165, 1.54) is 11.3 Å². The molecular formula is C22H32N2O4S2. The number of carbonyl (C=O) groups excluding carboxylic acids is 1. The van der Waals surface area contributed by atoms with Crippen LogP contribution in [0.1, 0.15) is 44.1 Å². The summed E-state index contributed by atoms with van der Waals surface area (Å²) in [5, 5.41) is 0. The molecule has 0 bridgehead atoms. The van der Waals surface area contributed by atoms with Crippen LogP contribution in [-0.4, -0.2) is 40.1 Å². The lowest BCUT2D eigenvalue weighted by Crippen LogP contribution is -2.31. The maximum atomic E-state index is 13.0. The number of carbonyl (C=O) groups is 1. The second-order valence-electron chi connectivity index (χ2n) is 8.04. The van der Waals surface area contributed by atoms with E-state index in [4.69, 9.17) is 4.74 Å². The molecule has 1 N–H and O–H groups in total. The Morgan fingerprint density at radius 3 is 2.43 bits per heavy atom. The number of benzene rings is 1. The van der Waals surface area contributed by atoms with Gasteiger partial charge in [-0.2, -0.15) is 0 Å². The van der Waals surface area contributed by atoms with Gasteiger partial charge in [0.15, 0.2) is 0 Å². The van der Waals surface area contributed by atoms with E-state index in [0.717, 1.165) is 35.4 Å². The smallest absolute Gasteiger partial charge is 0.421 e. The number of unbranched alkanes of at least 4 members (excludes halogenated alkanes) is 1. The van der Waals surface area contributed by atoms with Crippen LogP contribution in [0.4, 0.5) is 4.79 Å². The Balaban J connectivity index is 2.35. The molecule has 0 aliphatic heterocycles. The monoisotopic (exact) mass is 452 g/mol. The molecule has 8 heteroatoms. The first-order chi connectivity index (χ1) is 14.1. The first kappa shape index (κ1) is 24.4. The van der Waals surface area contributed by atoms with Crippen LogP contribution in [0.3, 0.4) is 0 Å². The molecule has 1 aromatic heterocycles. The summed E-state index contributed by atoms with van der Waals surface area (Å²) in [6, 6.07) is 9.77. The predicted molar refractivity (Wildman–Crippen MR) is 122 cm³/mol. The van der Waals surface area contributed by atoms with Crippen molar-refractivity contribution in [1.82, 2.24) is 9.62 Å². The SMILES string of the molecule is CCCCOC(=O)NS(=O)(=O)c1sc(CC(C)C)cc1-c1ccc(CN(C)C)cc1. The van der Waals surface area contributed by atoms with E-state index in [0.29, 0.717) is 17.9 Å². The minimum atomic E-state index is -4.03. The van der Waals surface area contributed by atoms with Crippen molar-refractivity contribution in [3.63, 3.8) is 0 Å². The fourth-order valence-corrected chi connectivity index (χ4v) is 5.82. The summed E-state index contributed by atoms with van der Waals surface area (Å²) in [4.78, 5) is 15.0. The highest BCUT2D eigenvalue weighted by Gasteiger charge is 2.26. The molecule has 1 aromatic carbocycles. The van der Waals surface area contributed by atoms with Crippen LogP contribution >= 0.6 is 11.3 Å². The van der Waals surface area contributed by atoms with Gasteiger partial charge in [0.25, 0.3) is 10.0 Å². The third kappa shape index (κ3) is 7.11. The van der Waals surface area contributed by atoms with E-state index in [2.05, 4.69) is 23.5 Å². The van der Waals surface area contributed by atoms with Crippen LogP contribution < -0.4 is 4.72 Å². The quantitative estimate of drug-likeness (QED) is 0.520. The van der Waals surface area contributed by atoms with Crippen molar-refractivity contribution in [1.29, 1.82) is 0 Å². The van der Waals surface area contributed by atoms with Gasteiger partial charge in [0, 0.05) is 17.0 Å². The number of hydrogen-bond donors (Lipinski definition) is 1. The highest BCUT2D eigenvalue weighted by molar-refractivity contribution is 7.92. The lowest BCUT2D eigenvalue weighted by molar-refractivity contribution is 0.151. The van der Waals surface area contributed by atoms with Crippen molar-refractivity contribution in [2.45, 2.75) is 50.8 Å². The van der Waals surface area contributed by atoms with E-state index < -0.39 is 16.1 Å². The van der Waals surface area contributed by atoms with Gasteiger partial charge < -0.3 is 9.64 Å². The molecule has 0 spiro atoms. The lowest BCUT2D eigenvalue weighted by Gasteiger charge is -2.11. The number of ether oxygens (including phenoxy) is 1. The molecule has 0 fully saturated rings. The van der Waals surface area contributed by atoms with Crippen LogP contribution in [0.2, 0.25) is 0 Å². The maximum absolute atomic E-state index is 13.0. The van der Waals surface area contributed by atoms with Gasteiger partial charge in [0.2, 0.25) is 0 Å². The summed E-state index contributed by atoms with van der Waals surface area (Å²) >= 11 is 1.21. The number of nitrogens with one attached hydrogen (secondary N) is 1. The van der Waals surface area contributed by atoms with Crippen LogP contribution in [0.25, 0.3) is 11.1 Å². The molecule has 0 unspecified atom stereocenters. The summed E-state index contributed by atoms with van der Waals surface area (Å²) < 4.78 is 33.1. The van der Waals surface area contributed by atoms with Crippen molar-refractivity contribution in [3.8, 4) is 11.1 Å². The minimum Gasteiger partial charge on any atom is -0.449 e. The Labute approximate surface area is 184 Å². The minimum absolute atomic E-state index is 0.144. The molecule has 0 aliphatic rings. The molecule has 1 amide bonds. The highest BCUT2D eigenvalue weighted by Crippen LogP contribution is 2.36. The zero-order chi connectivity index (χ0) is 22.3.